The minimum Gasteiger partial charge on any atom is -0.381 e. The van der Waals surface area contributed by atoms with Crippen LogP contribution in [0.2, 0.25) is 0 Å². The highest BCUT2D eigenvalue weighted by atomic mass is 19.1. The predicted octanol–water partition coefficient (Wildman–Crippen LogP) is 1.86. The molecule has 0 saturated heterocycles. The van der Waals surface area contributed by atoms with Gasteiger partial charge in [-0.15, -0.1) is 0 Å². The summed E-state index contributed by atoms with van der Waals surface area (Å²) in [7, 11) is 1.68. The normalized spacial score (nSPS) is 12.4. The Morgan fingerprint density at radius 1 is 1.31 bits per heavy atom. The SMILES string of the molecule is COC(C)CNCCNc1ccccc1F. The van der Waals surface area contributed by atoms with Crippen LogP contribution in [0.15, 0.2) is 24.3 Å². The van der Waals surface area contributed by atoms with Crippen LogP contribution in [0.25, 0.3) is 0 Å². The molecule has 1 unspecified atom stereocenters. The van der Waals surface area contributed by atoms with Crippen LogP contribution < -0.4 is 10.6 Å². The van der Waals surface area contributed by atoms with Crippen LogP contribution in [0.4, 0.5) is 10.1 Å². The van der Waals surface area contributed by atoms with Crippen LogP contribution in [-0.2, 0) is 4.74 Å². The summed E-state index contributed by atoms with van der Waals surface area (Å²) in [4.78, 5) is 0. The molecule has 0 saturated carbocycles. The van der Waals surface area contributed by atoms with E-state index in [0.717, 1.165) is 13.1 Å². The number of hydrogen-bond donors (Lipinski definition) is 2. The topological polar surface area (TPSA) is 33.3 Å². The molecular weight excluding hydrogens is 207 g/mol. The summed E-state index contributed by atoms with van der Waals surface area (Å²) in [6, 6.07) is 6.67. The standard InChI is InChI=1S/C12H19FN2O/c1-10(16-2)9-14-7-8-15-12-6-4-3-5-11(12)13/h3-6,10,14-15H,7-9H2,1-2H3. The predicted molar refractivity (Wildman–Crippen MR) is 64.2 cm³/mol. The van der Waals surface area contributed by atoms with Crippen LogP contribution in [0, 0.1) is 5.82 Å². The highest BCUT2D eigenvalue weighted by Gasteiger charge is 1.99. The summed E-state index contributed by atoms with van der Waals surface area (Å²) in [6.45, 7) is 4.27. The van der Waals surface area contributed by atoms with Crippen LogP contribution in [0.5, 0.6) is 0 Å². The van der Waals surface area contributed by atoms with Crippen molar-refractivity contribution in [2.45, 2.75) is 13.0 Å². The van der Waals surface area contributed by atoms with E-state index in [9.17, 15) is 4.39 Å². The second kappa shape index (κ2) is 7.19. The summed E-state index contributed by atoms with van der Waals surface area (Å²) < 4.78 is 18.3. The van der Waals surface area contributed by atoms with Crippen LogP contribution in [0.3, 0.4) is 0 Å². The van der Waals surface area contributed by atoms with Gasteiger partial charge in [-0.25, -0.2) is 4.39 Å². The first kappa shape index (κ1) is 12.9. The number of rotatable bonds is 7. The van der Waals surface area contributed by atoms with Gasteiger partial charge < -0.3 is 15.4 Å². The smallest absolute Gasteiger partial charge is 0.146 e. The Bertz CT molecular complexity index is 307. The van der Waals surface area contributed by atoms with Gasteiger partial charge in [0.05, 0.1) is 11.8 Å². The van der Waals surface area contributed by atoms with Crippen molar-refractivity contribution in [3.05, 3.63) is 30.1 Å². The molecule has 16 heavy (non-hydrogen) atoms. The Labute approximate surface area is 96.0 Å². The fourth-order valence-corrected chi connectivity index (χ4v) is 1.28. The van der Waals surface area contributed by atoms with Gasteiger partial charge in [0.2, 0.25) is 0 Å². The Morgan fingerprint density at radius 2 is 2.06 bits per heavy atom. The van der Waals surface area contributed by atoms with Crippen molar-refractivity contribution in [1.29, 1.82) is 0 Å². The van der Waals surface area contributed by atoms with Gasteiger partial charge in [-0.1, -0.05) is 12.1 Å². The molecule has 3 nitrogen and oxygen atoms in total. The molecule has 2 N–H and O–H groups in total. The van der Waals surface area contributed by atoms with Crippen molar-refractivity contribution in [3.63, 3.8) is 0 Å². The van der Waals surface area contributed by atoms with Crippen molar-refractivity contribution in [3.8, 4) is 0 Å². The highest BCUT2D eigenvalue weighted by Crippen LogP contribution is 2.11. The summed E-state index contributed by atoms with van der Waals surface area (Å²) in [5.41, 5.74) is 0.545. The lowest BCUT2D eigenvalue weighted by atomic mass is 10.3. The number of nitrogens with one attached hydrogen (secondary N) is 2. The molecule has 0 aromatic heterocycles. The van der Waals surface area contributed by atoms with Gasteiger partial charge in [-0.2, -0.15) is 0 Å². The van der Waals surface area contributed by atoms with Crippen LogP contribution in [0.1, 0.15) is 6.92 Å². The molecule has 0 spiro atoms. The quantitative estimate of drug-likeness (QED) is 0.696. The number of para-hydroxylation sites is 1. The van der Waals surface area contributed by atoms with Crippen molar-refractivity contribution < 1.29 is 9.13 Å². The average Bonchev–Trinajstić information content (AvgIpc) is 2.30. The van der Waals surface area contributed by atoms with E-state index in [1.165, 1.54) is 6.07 Å². The van der Waals surface area contributed by atoms with E-state index in [1.807, 2.05) is 13.0 Å². The summed E-state index contributed by atoms with van der Waals surface area (Å²) in [5.74, 6) is -0.215. The van der Waals surface area contributed by atoms with Crippen molar-refractivity contribution in [2.24, 2.45) is 0 Å². The first-order valence-electron chi connectivity index (χ1n) is 5.46. The molecule has 0 heterocycles. The van der Waals surface area contributed by atoms with E-state index in [1.54, 1.807) is 19.2 Å². The molecule has 0 aliphatic rings. The number of anilines is 1. The van der Waals surface area contributed by atoms with Crippen molar-refractivity contribution >= 4 is 5.69 Å². The monoisotopic (exact) mass is 226 g/mol. The van der Waals surface area contributed by atoms with Gasteiger partial charge >= 0.3 is 0 Å². The lowest BCUT2D eigenvalue weighted by molar-refractivity contribution is 0.117. The van der Waals surface area contributed by atoms with Crippen molar-refractivity contribution in [2.75, 3.05) is 32.1 Å². The number of ether oxygens (including phenoxy) is 1. The number of halogens is 1. The first-order chi connectivity index (χ1) is 7.74. The maximum atomic E-state index is 13.2. The molecule has 1 aromatic carbocycles. The Morgan fingerprint density at radius 3 is 2.75 bits per heavy atom. The highest BCUT2D eigenvalue weighted by molar-refractivity contribution is 5.44. The van der Waals surface area contributed by atoms with Crippen molar-refractivity contribution in [1.82, 2.24) is 5.32 Å². The maximum absolute atomic E-state index is 13.2. The molecule has 1 aromatic rings. The number of hydrogen-bond acceptors (Lipinski definition) is 3. The zero-order valence-electron chi connectivity index (χ0n) is 9.79. The van der Waals surface area contributed by atoms with E-state index in [2.05, 4.69) is 10.6 Å². The second-order valence-electron chi connectivity index (χ2n) is 3.66. The Hall–Kier alpha value is -1.13. The van der Waals surface area contributed by atoms with Gasteiger partial charge in [0, 0.05) is 26.7 Å². The van der Waals surface area contributed by atoms with Gasteiger partial charge in [-0.3, -0.25) is 0 Å². The minimum absolute atomic E-state index is 0.202. The third kappa shape index (κ3) is 4.59. The summed E-state index contributed by atoms with van der Waals surface area (Å²) in [5, 5.41) is 6.24. The molecule has 0 radical (unpaired) electrons. The third-order valence-electron chi connectivity index (χ3n) is 2.33. The van der Waals surface area contributed by atoms with E-state index in [0.29, 0.717) is 12.2 Å². The van der Waals surface area contributed by atoms with Gasteiger partial charge in [-0.05, 0) is 19.1 Å². The molecule has 0 aliphatic heterocycles. The van der Waals surface area contributed by atoms with E-state index in [-0.39, 0.29) is 11.9 Å². The van der Waals surface area contributed by atoms with Gasteiger partial charge in [0.25, 0.3) is 0 Å². The zero-order valence-corrected chi connectivity index (χ0v) is 9.79. The molecule has 0 fully saturated rings. The second-order valence-corrected chi connectivity index (χ2v) is 3.66. The minimum atomic E-state index is -0.215. The van der Waals surface area contributed by atoms with Gasteiger partial charge in [0.15, 0.2) is 0 Å². The largest absolute Gasteiger partial charge is 0.381 e. The van der Waals surface area contributed by atoms with Crippen LogP contribution >= 0.6 is 0 Å². The Kier molecular flexibility index (Phi) is 5.82. The van der Waals surface area contributed by atoms with E-state index >= 15 is 0 Å². The lowest BCUT2D eigenvalue weighted by Gasteiger charge is -2.11. The lowest BCUT2D eigenvalue weighted by Crippen LogP contribution is -2.30. The van der Waals surface area contributed by atoms with Crippen LogP contribution in [-0.4, -0.2) is 32.8 Å². The Balaban J connectivity index is 2.14. The molecule has 0 bridgehead atoms. The maximum Gasteiger partial charge on any atom is 0.146 e. The summed E-state index contributed by atoms with van der Waals surface area (Å²) >= 11 is 0. The number of benzene rings is 1. The first-order valence-corrected chi connectivity index (χ1v) is 5.46. The fraction of sp³-hybridized carbons (Fsp3) is 0.500. The van der Waals surface area contributed by atoms with Gasteiger partial charge in [0.1, 0.15) is 5.82 Å². The fourth-order valence-electron chi connectivity index (χ4n) is 1.28. The molecule has 1 rings (SSSR count). The molecular formula is C12H19FN2O. The van der Waals surface area contributed by atoms with E-state index in [4.69, 9.17) is 4.74 Å². The number of methoxy groups -OCH3 is 1. The molecule has 0 amide bonds. The molecule has 4 heteroatoms. The molecule has 1 atom stereocenters. The summed E-state index contributed by atoms with van der Waals surface area (Å²) in [6.07, 6.45) is 0.202. The molecule has 90 valence electrons. The molecule has 0 aliphatic carbocycles. The zero-order chi connectivity index (χ0) is 11.8. The third-order valence-corrected chi connectivity index (χ3v) is 2.33. The average molecular weight is 226 g/mol. The van der Waals surface area contributed by atoms with E-state index < -0.39 is 0 Å².